The van der Waals surface area contributed by atoms with Crippen molar-refractivity contribution < 1.29 is 13.2 Å². The Kier molecular flexibility index (Phi) is 2.65. The van der Waals surface area contributed by atoms with Crippen molar-refractivity contribution in [2.45, 2.75) is 4.90 Å². The highest BCUT2D eigenvalue weighted by Crippen LogP contribution is 2.45. The zero-order valence-electron chi connectivity index (χ0n) is 11.7. The average Bonchev–Trinajstić information content (AvgIpc) is 2.54. The number of hydrogen-bond acceptors (Lipinski definition) is 4. The van der Waals surface area contributed by atoms with Gasteiger partial charge in [0.25, 0.3) is 10.0 Å². The molecule has 1 N–H and O–H groups in total. The van der Waals surface area contributed by atoms with Crippen LogP contribution >= 0.6 is 0 Å². The van der Waals surface area contributed by atoms with E-state index in [4.69, 9.17) is 4.74 Å². The second-order valence-electron chi connectivity index (χ2n) is 5.00. The number of sulfonamides is 1. The van der Waals surface area contributed by atoms with Crippen molar-refractivity contribution in [2.75, 3.05) is 11.8 Å². The fourth-order valence-corrected chi connectivity index (χ4v) is 4.12. The Hall–Kier alpha value is -2.60. The molecule has 0 amide bonds. The van der Waals surface area contributed by atoms with E-state index in [0.29, 0.717) is 22.5 Å². The highest BCUT2D eigenvalue weighted by molar-refractivity contribution is 7.93. The summed E-state index contributed by atoms with van der Waals surface area (Å²) in [6, 6.07) is 12.4. The molecule has 0 spiro atoms. The molecule has 0 bridgehead atoms. The van der Waals surface area contributed by atoms with Gasteiger partial charge in [0, 0.05) is 22.7 Å². The first-order chi connectivity index (χ1) is 10.6. The fraction of sp³-hybridized carbons (Fsp3) is 0.0625. The van der Waals surface area contributed by atoms with E-state index in [2.05, 4.69) is 9.71 Å². The third-order valence-corrected chi connectivity index (χ3v) is 5.19. The minimum atomic E-state index is -3.60. The molecule has 6 heteroatoms. The number of rotatable bonds is 1. The van der Waals surface area contributed by atoms with E-state index in [1.165, 1.54) is 0 Å². The predicted octanol–water partition coefficient (Wildman–Crippen LogP) is 3.02. The Morgan fingerprint density at radius 2 is 1.91 bits per heavy atom. The number of fused-ring (bicyclic) bond motifs is 5. The molecule has 0 atom stereocenters. The quantitative estimate of drug-likeness (QED) is 0.750. The Balaban J connectivity index is 2.19. The molecule has 0 saturated heterocycles. The van der Waals surface area contributed by atoms with E-state index in [0.717, 1.165) is 10.9 Å². The number of hydrogen-bond donors (Lipinski definition) is 1. The second-order valence-corrected chi connectivity index (χ2v) is 6.65. The minimum Gasteiger partial charge on any atom is -0.496 e. The van der Waals surface area contributed by atoms with Crippen LogP contribution < -0.4 is 9.46 Å². The zero-order valence-corrected chi connectivity index (χ0v) is 12.5. The van der Waals surface area contributed by atoms with Crippen molar-refractivity contribution in [1.82, 2.24) is 4.98 Å². The van der Waals surface area contributed by atoms with E-state index in [1.54, 1.807) is 37.6 Å². The lowest BCUT2D eigenvalue weighted by molar-refractivity contribution is 0.420. The number of methoxy groups -OCH3 is 1. The van der Waals surface area contributed by atoms with Crippen molar-refractivity contribution >= 4 is 26.6 Å². The second kappa shape index (κ2) is 4.45. The standard InChI is InChI=1S/C16H12N2O3S/c1-21-13-9-12-10-5-2-3-7-14(10)22(19,20)18-16(12)15-11(13)6-4-8-17-15/h2-9,18H,1H3. The first kappa shape index (κ1) is 13.1. The monoisotopic (exact) mass is 312 g/mol. The maximum atomic E-state index is 12.5. The number of nitrogens with one attached hydrogen (secondary N) is 1. The van der Waals surface area contributed by atoms with Gasteiger partial charge >= 0.3 is 0 Å². The van der Waals surface area contributed by atoms with Gasteiger partial charge in [-0.05, 0) is 24.3 Å². The van der Waals surface area contributed by atoms with Gasteiger partial charge in [0.2, 0.25) is 0 Å². The van der Waals surface area contributed by atoms with Crippen molar-refractivity contribution in [1.29, 1.82) is 0 Å². The molecular formula is C16H12N2O3S. The smallest absolute Gasteiger partial charge is 0.262 e. The predicted molar refractivity (Wildman–Crippen MR) is 84.5 cm³/mol. The van der Waals surface area contributed by atoms with E-state index < -0.39 is 10.0 Å². The van der Waals surface area contributed by atoms with Gasteiger partial charge in [0.05, 0.1) is 23.2 Å². The average molecular weight is 312 g/mol. The molecule has 0 radical (unpaired) electrons. The Morgan fingerprint density at radius 1 is 1.09 bits per heavy atom. The molecule has 0 saturated carbocycles. The lowest BCUT2D eigenvalue weighted by Crippen LogP contribution is -2.19. The van der Waals surface area contributed by atoms with Crippen LogP contribution in [-0.4, -0.2) is 20.5 Å². The van der Waals surface area contributed by atoms with Crippen LogP contribution in [0.15, 0.2) is 53.6 Å². The van der Waals surface area contributed by atoms with Crippen LogP contribution in [0.5, 0.6) is 5.75 Å². The molecule has 22 heavy (non-hydrogen) atoms. The van der Waals surface area contributed by atoms with E-state index in [-0.39, 0.29) is 4.90 Å². The van der Waals surface area contributed by atoms with Crippen molar-refractivity contribution in [3.05, 3.63) is 48.7 Å². The highest BCUT2D eigenvalue weighted by atomic mass is 32.2. The van der Waals surface area contributed by atoms with Crippen molar-refractivity contribution in [2.24, 2.45) is 0 Å². The van der Waals surface area contributed by atoms with Crippen LogP contribution in [-0.2, 0) is 10.0 Å². The number of ether oxygens (including phenoxy) is 1. The van der Waals surface area contributed by atoms with Gasteiger partial charge in [-0.3, -0.25) is 9.71 Å². The van der Waals surface area contributed by atoms with Crippen LogP contribution in [0.4, 0.5) is 5.69 Å². The molecular weight excluding hydrogens is 300 g/mol. The van der Waals surface area contributed by atoms with Gasteiger partial charge in [-0.25, -0.2) is 8.42 Å². The van der Waals surface area contributed by atoms with E-state index in [9.17, 15) is 8.42 Å². The summed E-state index contributed by atoms with van der Waals surface area (Å²) in [5.74, 6) is 0.665. The van der Waals surface area contributed by atoms with E-state index in [1.807, 2.05) is 18.2 Å². The third kappa shape index (κ3) is 1.70. The largest absolute Gasteiger partial charge is 0.496 e. The lowest BCUT2D eigenvalue weighted by atomic mass is 10.00. The molecule has 1 aliphatic heterocycles. The van der Waals surface area contributed by atoms with Gasteiger partial charge < -0.3 is 4.74 Å². The van der Waals surface area contributed by atoms with Gasteiger partial charge in [-0.15, -0.1) is 0 Å². The third-order valence-electron chi connectivity index (χ3n) is 3.78. The molecule has 4 rings (SSSR count). The van der Waals surface area contributed by atoms with Gasteiger partial charge in [-0.2, -0.15) is 0 Å². The summed E-state index contributed by atoms with van der Waals surface area (Å²) < 4.78 is 33.0. The Morgan fingerprint density at radius 3 is 2.73 bits per heavy atom. The maximum absolute atomic E-state index is 12.5. The van der Waals surface area contributed by atoms with E-state index >= 15 is 0 Å². The summed E-state index contributed by atoms with van der Waals surface area (Å²) in [4.78, 5) is 4.60. The number of pyridine rings is 1. The van der Waals surface area contributed by atoms with Gasteiger partial charge in [0.1, 0.15) is 5.75 Å². The SMILES string of the molecule is COc1cc2c(c3ncccc13)NS(=O)(=O)c1ccccc1-2. The summed E-state index contributed by atoms with van der Waals surface area (Å²) in [6.45, 7) is 0. The van der Waals surface area contributed by atoms with Crippen LogP contribution in [0.1, 0.15) is 0 Å². The highest BCUT2D eigenvalue weighted by Gasteiger charge is 2.29. The van der Waals surface area contributed by atoms with Crippen LogP contribution in [0.25, 0.3) is 22.0 Å². The number of aromatic nitrogens is 1. The molecule has 1 aromatic heterocycles. The summed E-state index contributed by atoms with van der Waals surface area (Å²) in [7, 11) is -2.01. The lowest BCUT2D eigenvalue weighted by Gasteiger charge is -2.23. The molecule has 2 aromatic carbocycles. The number of anilines is 1. The topological polar surface area (TPSA) is 68.3 Å². The molecule has 1 aliphatic rings. The molecule has 0 unspecified atom stereocenters. The van der Waals surface area contributed by atoms with Gasteiger partial charge in [-0.1, -0.05) is 18.2 Å². The van der Waals surface area contributed by atoms with Gasteiger partial charge in [0.15, 0.2) is 0 Å². The first-order valence-corrected chi connectivity index (χ1v) is 8.18. The molecule has 0 aliphatic carbocycles. The van der Waals surface area contributed by atoms with Crippen LogP contribution in [0, 0.1) is 0 Å². The first-order valence-electron chi connectivity index (χ1n) is 6.70. The van der Waals surface area contributed by atoms with Crippen molar-refractivity contribution in [3.8, 4) is 16.9 Å². The Bertz CT molecular complexity index is 1010. The normalized spacial score (nSPS) is 14.8. The molecule has 2 heterocycles. The minimum absolute atomic E-state index is 0.264. The number of benzene rings is 2. The maximum Gasteiger partial charge on any atom is 0.262 e. The van der Waals surface area contributed by atoms with Crippen LogP contribution in [0.2, 0.25) is 0 Å². The summed E-state index contributed by atoms with van der Waals surface area (Å²) in [6.07, 6.45) is 1.64. The molecule has 3 aromatic rings. The molecule has 110 valence electrons. The van der Waals surface area contributed by atoms with Crippen LogP contribution in [0.3, 0.4) is 0 Å². The Labute approximate surface area is 127 Å². The summed E-state index contributed by atoms with van der Waals surface area (Å²) >= 11 is 0. The number of nitrogens with zero attached hydrogens (tertiary/aromatic N) is 1. The summed E-state index contributed by atoms with van der Waals surface area (Å²) in [5, 5.41) is 0.769. The molecule has 0 fully saturated rings. The van der Waals surface area contributed by atoms with Crippen molar-refractivity contribution in [3.63, 3.8) is 0 Å². The fourth-order valence-electron chi connectivity index (χ4n) is 2.81. The summed E-state index contributed by atoms with van der Waals surface area (Å²) in [5.41, 5.74) is 2.50. The molecule has 5 nitrogen and oxygen atoms in total. The zero-order chi connectivity index (χ0) is 15.3.